The average Bonchev–Trinajstić information content (AvgIpc) is 2.79. The van der Waals surface area contributed by atoms with Gasteiger partial charge in [0.1, 0.15) is 17.2 Å². The summed E-state index contributed by atoms with van der Waals surface area (Å²) in [6.45, 7) is 0. The van der Waals surface area contributed by atoms with Gasteiger partial charge in [-0.15, -0.1) is 0 Å². The van der Waals surface area contributed by atoms with Crippen molar-refractivity contribution in [1.82, 2.24) is 5.43 Å². The van der Waals surface area contributed by atoms with Gasteiger partial charge >= 0.3 is 5.97 Å². The number of carbonyl (C=O) groups is 2. The number of hydrazone groups is 1. The molecule has 0 aliphatic heterocycles. The fraction of sp³-hybridized carbons (Fsp3) is 0.0870. The molecule has 0 bridgehead atoms. The van der Waals surface area contributed by atoms with Gasteiger partial charge in [-0.1, -0.05) is 28.1 Å². The zero-order valence-electron chi connectivity index (χ0n) is 16.8. The summed E-state index contributed by atoms with van der Waals surface area (Å²) in [6, 6.07) is 18.5. The molecule has 1 N–H and O–H groups in total. The van der Waals surface area contributed by atoms with Gasteiger partial charge in [0.2, 0.25) is 0 Å². The predicted molar refractivity (Wildman–Crippen MR) is 120 cm³/mol. The van der Waals surface area contributed by atoms with Gasteiger partial charge in [-0.05, 0) is 60.2 Å². The smallest absolute Gasteiger partial charge is 0.343 e. The van der Waals surface area contributed by atoms with E-state index in [4.69, 9.17) is 14.2 Å². The molecule has 0 aliphatic rings. The number of nitrogens with one attached hydrogen (secondary N) is 1. The summed E-state index contributed by atoms with van der Waals surface area (Å²) in [5.74, 6) is 0.522. The Balaban J connectivity index is 1.64. The summed E-state index contributed by atoms with van der Waals surface area (Å²) in [6.07, 6.45) is 1.45. The van der Waals surface area contributed by atoms with E-state index in [2.05, 4.69) is 26.5 Å². The number of halogens is 1. The first-order valence-corrected chi connectivity index (χ1v) is 9.92. The van der Waals surface area contributed by atoms with Crippen LogP contribution in [0.5, 0.6) is 17.2 Å². The highest BCUT2D eigenvalue weighted by Gasteiger charge is 2.12. The van der Waals surface area contributed by atoms with E-state index in [1.807, 2.05) is 0 Å². The second-order valence-corrected chi connectivity index (χ2v) is 7.15. The van der Waals surface area contributed by atoms with E-state index in [0.29, 0.717) is 33.9 Å². The lowest BCUT2D eigenvalue weighted by Crippen LogP contribution is -2.18. The van der Waals surface area contributed by atoms with E-state index in [-0.39, 0.29) is 0 Å². The molecule has 3 aromatic rings. The van der Waals surface area contributed by atoms with Crippen LogP contribution in [0, 0.1) is 0 Å². The number of ether oxygens (including phenoxy) is 3. The number of benzene rings is 3. The first kappa shape index (κ1) is 22.0. The molecular weight excluding hydrogens is 464 g/mol. The molecule has 158 valence electrons. The van der Waals surface area contributed by atoms with Gasteiger partial charge in [-0.3, -0.25) is 4.79 Å². The molecular formula is C23H19BrN2O5. The SMILES string of the molecule is COc1ccc(C(=O)Oc2cccc(/C=N\NC(=O)c3cc(Br)ccc3OC)c2)cc1. The maximum Gasteiger partial charge on any atom is 0.343 e. The fourth-order valence-electron chi connectivity index (χ4n) is 2.63. The maximum atomic E-state index is 12.4. The monoisotopic (exact) mass is 482 g/mol. The third-order valence-electron chi connectivity index (χ3n) is 4.18. The van der Waals surface area contributed by atoms with E-state index >= 15 is 0 Å². The van der Waals surface area contributed by atoms with Crippen LogP contribution in [0.25, 0.3) is 0 Å². The predicted octanol–water partition coefficient (Wildman–Crippen LogP) is 4.45. The highest BCUT2D eigenvalue weighted by molar-refractivity contribution is 9.10. The minimum Gasteiger partial charge on any atom is -0.497 e. The van der Waals surface area contributed by atoms with Gasteiger partial charge in [0.05, 0.1) is 31.6 Å². The molecule has 0 aromatic heterocycles. The standard InChI is InChI=1S/C23H19BrN2O5/c1-29-18-9-6-16(7-10-18)23(28)31-19-5-3-4-15(12-19)14-25-26-22(27)20-13-17(24)8-11-21(20)30-2/h3-14H,1-2H3,(H,26,27)/b25-14-. The van der Waals surface area contributed by atoms with Crippen molar-refractivity contribution >= 4 is 34.0 Å². The average molecular weight is 483 g/mol. The number of amides is 1. The van der Waals surface area contributed by atoms with Crippen LogP contribution < -0.4 is 19.6 Å². The van der Waals surface area contributed by atoms with Crippen LogP contribution in [0.2, 0.25) is 0 Å². The third kappa shape index (κ3) is 5.93. The molecule has 0 radical (unpaired) electrons. The summed E-state index contributed by atoms with van der Waals surface area (Å²) in [5, 5.41) is 3.97. The lowest BCUT2D eigenvalue weighted by atomic mass is 10.2. The quantitative estimate of drug-likeness (QED) is 0.232. The number of nitrogens with zero attached hydrogens (tertiary/aromatic N) is 1. The van der Waals surface area contributed by atoms with Crippen LogP contribution in [-0.2, 0) is 0 Å². The second-order valence-electron chi connectivity index (χ2n) is 6.23. The van der Waals surface area contributed by atoms with Crippen LogP contribution in [0.15, 0.2) is 76.3 Å². The van der Waals surface area contributed by atoms with Gasteiger partial charge in [0.15, 0.2) is 0 Å². The number of esters is 1. The Hall–Kier alpha value is -3.65. The molecule has 0 atom stereocenters. The molecule has 31 heavy (non-hydrogen) atoms. The number of hydrogen-bond acceptors (Lipinski definition) is 6. The van der Waals surface area contributed by atoms with Gasteiger partial charge < -0.3 is 14.2 Å². The molecule has 0 unspecified atom stereocenters. The lowest BCUT2D eigenvalue weighted by molar-refractivity contribution is 0.0734. The zero-order chi connectivity index (χ0) is 22.2. The number of carbonyl (C=O) groups excluding carboxylic acids is 2. The number of rotatable bonds is 7. The second kappa shape index (κ2) is 10.4. The highest BCUT2D eigenvalue weighted by Crippen LogP contribution is 2.23. The van der Waals surface area contributed by atoms with Crippen LogP contribution in [0.1, 0.15) is 26.3 Å². The summed E-state index contributed by atoms with van der Waals surface area (Å²) >= 11 is 3.33. The molecule has 8 heteroatoms. The molecule has 3 aromatic carbocycles. The van der Waals surface area contributed by atoms with E-state index in [0.717, 1.165) is 4.47 Å². The molecule has 0 fully saturated rings. The molecule has 3 rings (SSSR count). The Morgan fingerprint density at radius 2 is 1.71 bits per heavy atom. The van der Waals surface area contributed by atoms with Crippen molar-refractivity contribution in [3.05, 3.63) is 87.9 Å². The van der Waals surface area contributed by atoms with Crippen molar-refractivity contribution in [2.75, 3.05) is 14.2 Å². The molecule has 0 saturated heterocycles. The van der Waals surface area contributed by atoms with E-state index in [1.54, 1.807) is 73.8 Å². The van der Waals surface area contributed by atoms with Gasteiger partial charge in [0, 0.05) is 4.47 Å². The molecule has 0 heterocycles. The number of hydrogen-bond donors (Lipinski definition) is 1. The van der Waals surface area contributed by atoms with Crippen molar-refractivity contribution in [3.8, 4) is 17.2 Å². The fourth-order valence-corrected chi connectivity index (χ4v) is 3.00. The van der Waals surface area contributed by atoms with Crippen molar-refractivity contribution in [2.24, 2.45) is 5.10 Å². The Kier molecular flexibility index (Phi) is 7.40. The Morgan fingerprint density at radius 1 is 0.935 bits per heavy atom. The van der Waals surface area contributed by atoms with Crippen LogP contribution in [0.3, 0.4) is 0 Å². The van der Waals surface area contributed by atoms with Crippen molar-refractivity contribution < 1.29 is 23.8 Å². The van der Waals surface area contributed by atoms with Gasteiger partial charge in [-0.25, -0.2) is 10.2 Å². The van der Waals surface area contributed by atoms with Crippen LogP contribution >= 0.6 is 15.9 Å². The molecule has 0 aliphatic carbocycles. The van der Waals surface area contributed by atoms with Crippen LogP contribution in [0.4, 0.5) is 0 Å². The third-order valence-corrected chi connectivity index (χ3v) is 4.67. The largest absolute Gasteiger partial charge is 0.497 e. The molecule has 0 spiro atoms. The number of methoxy groups -OCH3 is 2. The Labute approximate surface area is 187 Å². The molecule has 1 amide bonds. The summed E-state index contributed by atoms with van der Waals surface area (Å²) in [7, 11) is 3.04. The Bertz CT molecular complexity index is 1110. The normalized spacial score (nSPS) is 10.5. The highest BCUT2D eigenvalue weighted by atomic mass is 79.9. The van der Waals surface area contributed by atoms with Gasteiger partial charge in [0.25, 0.3) is 5.91 Å². The van der Waals surface area contributed by atoms with Crippen molar-refractivity contribution in [2.45, 2.75) is 0 Å². The lowest BCUT2D eigenvalue weighted by Gasteiger charge is -2.07. The summed E-state index contributed by atoms with van der Waals surface area (Å²) in [5.41, 5.74) is 3.84. The van der Waals surface area contributed by atoms with E-state index in [1.165, 1.54) is 13.3 Å². The van der Waals surface area contributed by atoms with E-state index in [9.17, 15) is 9.59 Å². The zero-order valence-corrected chi connectivity index (χ0v) is 18.4. The summed E-state index contributed by atoms with van der Waals surface area (Å²) < 4.78 is 16.4. The first-order valence-electron chi connectivity index (χ1n) is 9.13. The Morgan fingerprint density at radius 3 is 2.42 bits per heavy atom. The van der Waals surface area contributed by atoms with Gasteiger partial charge in [-0.2, -0.15) is 5.10 Å². The molecule has 7 nitrogen and oxygen atoms in total. The topological polar surface area (TPSA) is 86.2 Å². The maximum absolute atomic E-state index is 12.4. The molecule has 0 saturated carbocycles. The minimum atomic E-state index is -0.494. The van der Waals surface area contributed by atoms with Crippen LogP contribution in [-0.4, -0.2) is 32.3 Å². The van der Waals surface area contributed by atoms with Crippen molar-refractivity contribution in [3.63, 3.8) is 0 Å². The summed E-state index contributed by atoms with van der Waals surface area (Å²) in [4.78, 5) is 24.7. The first-order chi connectivity index (χ1) is 15.0. The van der Waals surface area contributed by atoms with Crippen molar-refractivity contribution in [1.29, 1.82) is 0 Å². The van der Waals surface area contributed by atoms with E-state index < -0.39 is 11.9 Å². The minimum absolute atomic E-state index is 0.344.